The largest absolute Gasteiger partial charge is 0.506 e. The maximum absolute atomic E-state index is 12.6. The van der Waals surface area contributed by atoms with Crippen LogP contribution in [0.25, 0.3) is 21.9 Å². The Bertz CT molecular complexity index is 1120. The van der Waals surface area contributed by atoms with Crippen LogP contribution in [-0.4, -0.2) is 16.7 Å². The standard InChI is InChI=1S/C16H6O6/c17-13-6-1-2-21-9(6)3-10-11(13)12-14(18)7-4-20-5-8(7)15(19)16(12)22-10/h1-5,17H. The number of benzene rings is 1. The Morgan fingerprint density at radius 2 is 1.77 bits per heavy atom. The first-order valence-electron chi connectivity index (χ1n) is 6.48. The second kappa shape index (κ2) is 3.48. The smallest absolute Gasteiger partial charge is 0.232 e. The van der Waals surface area contributed by atoms with Gasteiger partial charge >= 0.3 is 0 Å². The topological polar surface area (TPSA) is 93.8 Å². The minimum absolute atomic E-state index is 0.0644. The zero-order valence-corrected chi connectivity index (χ0v) is 10.9. The molecule has 22 heavy (non-hydrogen) atoms. The number of furan rings is 3. The summed E-state index contributed by atoms with van der Waals surface area (Å²) in [6, 6.07) is 3.14. The van der Waals surface area contributed by atoms with E-state index in [2.05, 4.69) is 0 Å². The van der Waals surface area contributed by atoms with Crippen LogP contribution in [0.4, 0.5) is 0 Å². The van der Waals surface area contributed by atoms with Crippen molar-refractivity contribution >= 4 is 33.5 Å². The average Bonchev–Trinajstić information content (AvgIpc) is 3.22. The van der Waals surface area contributed by atoms with Crippen molar-refractivity contribution < 1.29 is 27.9 Å². The molecule has 106 valence electrons. The van der Waals surface area contributed by atoms with Crippen molar-refractivity contribution in [2.45, 2.75) is 0 Å². The fourth-order valence-corrected chi connectivity index (χ4v) is 2.95. The first-order valence-corrected chi connectivity index (χ1v) is 6.48. The summed E-state index contributed by atoms with van der Waals surface area (Å²) in [5, 5.41) is 11.1. The highest BCUT2D eigenvalue weighted by Crippen LogP contribution is 2.42. The molecule has 3 aromatic heterocycles. The Hall–Kier alpha value is -3.28. The Morgan fingerprint density at radius 3 is 2.59 bits per heavy atom. The van der Waals surface area contributed by atoms with Crippen LogP contribution in [0.1, 0.15) is 32.0 Å². The van der Waals surface area contributed by atoms with E-state index in [0.29, 0.717) is 11.0 Å². The van der Waals surface area contributed by atoms with Crippen LogP contribution in [0, 0.1) is 0 Å². The van der Waals surface area contributed by atoms with Crippen molar-refractivity contribution in [3.05, 3.63) is 53.4 Å². The van der Waals surface area contributed by atoms with E-state index in [4.69, 9.17) is 13.3 Å². The molecule has 0 amide bonds. The van der Waals surface area contributed by atoms with E-state index in [0.717, 1.165) is 0 Å². The number of hydrogen-bond acceptors (Lipinski definition) is 6. The summed E-state index contributed by atoms with van der Waals surface area (Å²) in [7, 11) is 0. The van der Waals surface area contributed by atoms with E-state index in [9.17, 15) is 14.7 Å². The molecule has 0 atom stereocenters. The lowest BCUT2D eigenvalue weighted by Gasteiger charge is -2.07. The van der Waals surface area contributed by atoms with Crippen molar-refractivity contribution in [1.82, 2.24) is 0 Å². The predicted molar refractivity (Wildman–Crippen MR) is 73.2 cm³/mol. The number of ketones is 2. The van der Waals surface area contributed by atoms with Gasteiger partial charge in [-0.1, -0.05) is 0 Å². The van der Waals surface area contributed by atoms with Crippen LogP contribution in [-0.2, 0) is 0 Å². The van der Waals surface area contributed by atoms with Gasteiger partial charge in [-0.2, -0.15) is 0 Å². The molecule has 0 saturated carbocycles. The van der Waals surface area contributed by atoms with E-state index in [1.807, 2.05) is 0 Å². The lowest BCUT2D eigenvalue weighted by Crippen LogP contribution is -2.17. The molecule has 0 fully saturated rings. The minimum Gasteiger partial charge on any atom is -0.506 e. The van der Waals surface area contributed by atoms with Gasteiger partial charge in [0.15, 0.2) is 5.76 Å². The highest BCUT2D eigenvalue weighted by Gasteiger charge is 2.38. The van der Waals surface area contributed by atoms with Gasteiger partial charge in [0.25, 0.3) is 0 Å². The van der Waals surface area contributed by atoms with Gasteiger partial charge in [0.2, 0.25) is 11.6 Å². The van der Waals surface area contributed by atoms with Gasteiger partial charge in [-0.15, -0.1) is 0 Å². The number of hydrogen-bond donors (Lipinski definition) is 1. The molecule has 0 saturated heterocycles. The number of aromatic hydroxyl groups is 1. The summed E-state index contributed by atoms with van der Waals surface area (Å²) < 4.78 is 15.7. The lowest BCUT2D eigenvalue weighted by atomic mass is 9.89. The molecule has 4 aromatic rings. The molecular weight excluding hydrogens is 288 g/mol. The molecule has 6 heteroatoms. The van der Waals surface area contributed by atoms with E-state index in [1.54, 1.807) is 12.1 Å². The molecule has 0 radical (unpaired) electrons. The van der Waals surface area contributed by atoms with Crippen LogP contribution in [0.15, 0.2) is 44.2 Å². The lowest BCUT2D eigenvalue weighted by molar-refractivity contribution is 0.0963. The molecule has 0 spiro atoms. The summed E-state index contributed by atoms with van der Waals surface area (Å²) in [6.07, 6.45) is 3.87. The number of carbonyl (C=O) groups is 2. The van der Waals surface area contributed by atoms with Crippen LogP contribution in [0.5, 0.6) is 5.75 Å². The second-order valence-electron chi connectivity index (χ2n) is 5.09. The van der Waals surface area contributed by atoms with Gasteiger partial charge in [0.1, 0.15) is 29.4 Å². The molecule has 0 aliphatic heterocycles. The predicted octanol–water partition coefficient (Wildman–Crippen LogP) is 3.25. The minimum atomic E-state index is -0.439. The third-order valence-electron chi connectivity index (χ3n) is 3.97. The molecule has 6 nitrogen and oxygen atoms in total. The number of fused-ring (bicyclic) bond motifs is 5. The normalized spacial score (nSPS) is 13.8. The van der Waals surface area contributed by atoms with E-state index in [-0.39, 0.29) is 39.2 Å². The molecule has 1 aromatic carbocycles. The van der Waals surface area contributed by atoms with Gasteiger partial charge in [-0.05, 0) is 6.07 Å². The van der Waals surface area contributed by atoms with Crippen LogP contribution < -0.4 is 0 Å². The zero-order valence-electron chi connectivity index (χ0n) is 10.9. The first kappa shape index (κ1) is 11.4. The third-order valence-corrected chi connectivity index (χ3v) is 3.97. The molecular formula is C16H6O6. The summed E-state index contributed by atoms with van der Waals surface area (Å²) >= 11 is 0. The Morgan fingerprint density at radius 1 is 1.00 bits per heavy atom. The van der Waals surface area contributed by atoms with Crippen molar-refractivity contribution in [1.29, 1.82) is 0 Å². The van der Waals surface area contributed by atoms with Crippen LogP contribution >= 0.6 is 0 Å². The monoisotopic (exact) mass is 294 g/mol. The van der Waals surface area contributed by atoms with Gasteiger partial charge in [-0.25, -0.2) is 0 Å². The van der Waals surface area contributed by atoms with Crippen molar-refractivity contribution in [3.63, 3.8) is 0 Å². The van der Waals surface area contributed by atoms with Crippen molar-refractivity contribution in [2.24, 2.45) is 0 Å². The fourth-order valence-electron chi connectivity index (χ4n) is 2.95. The molecule has 1 aliphatic carbocycles. The quantitative estimate of drug-likeness (QED) is 0.471. The fraction of sp³-hybridized carbons (Fsp3) is 0. The van der Waals surface area contributed by atoms with E-state index in [1.165, 1.54) is 18.8 Å². The Kier molecular flexibility index (Phi) is 1.80. The maximum atomic E-state index is 12.6. The maximum Gasteiger partial charge on any atom is 0.232 e. The molecule has 0 unspecified atom stereocenters. The van der Waals surface area contributed by atoms with Crippen molar-refractivity contribution in [2.75, 3.05) is 0 Å². The third kappa shape index (κ3) is 1.12. The Balaban J connectivity index is 1.98. The highest BCUT2D eigenvalue weighted by atomic mass is 16.4. The SMILES string of the molecule is O=C1c2cocc2C(=O)c2c1oc1cc3occc3c(O)c21. The van der Waals surface area contributed by atoms with Gasteiger partial charge < -0.3 is 18.4 Å². The molecule has 3 heterocycles. The first-order chi connectivity index (χ1) is 10.7. The summed E-state index contributed by atoms with van der Waals surface area (Å²) in [4.78, 5) is 25.0. The average molecular weight is 294 g/mol. The van der Waals surface area contributed by atoms with Gasteiger partial charge in [-0.3, -0.25) is 9.59 Å². The number of carbonyl (C=O) groups excluding carboxylic acids is 2. The molecule has 5 rings (SSSR count). The zero-order chi connectivity index (χ0) is 15.0. The van der Waals surface area contributed by atoms with Gasteiger partial charge in [0.05, 0.1) is 33.7 Å². The number of phenolic OH excluding ortho intramolecular Hbond substituents is 1. The van der Waals surface area contributed by atoms with Crippen LogP contribution in [0.3, 0.4) is 0 Å². The number of phenols is 1. The number of rotatable bonds is 0. The Labute approximate surface area is 121 Å². The van der Waals surface area contributed by atoms with E-state index >= 15 is 0 Å². The second-order valence-corrected chi connectivity index (χ2v) is 5.09. The molecule has 1 aliphatic rings. The van der Waals surface area contributed by atoms with Crippen molar-refractivity contribution in [3.8, 4) is 5.75 Å². The van der Waals surface area contributed by atoms with Crippen LogP contribution in [0.2, 0.25) is 0 Å². The highest BCUT2D eigenvalue weighted by molar-refractivity contribution is 6.32. The summed E-state index contributed by atoms with van der Waals surface area (Å²) in [5.41, 5.74) is 1.05. The molecule has 1 N–H and O–H groups in total. The van der Waals surface area contributed by atoms with Gasteiger partial charge in [0, 0.05) is 6.07 Å². The van der Waals surface area contributed by atoms with E-state index < -0.39 is 11.6 Å². The summed E-state index contributed by atoms with van der Waals surface area (Å²) in [6.45, 7) is 0. The summed E-state index contributed by atoms with van der Waals surface area (Å²) in [5.74, 6) is -1.07. The molecule has 0 bridgehead atoms.